The fourth-order valence-corrected chi connectivity index (χ4v) is 5.09. The highest BCUT2D eigenvalue weighted by Gasteiger charge is 2.33. The number of carboxylic acids is 1. The summed E-state index contributed by atoms with van der Waals surface area (Å²) in [4.78, 5) is 11.0. The average Bonchev–Trinajstić information content (AvgIpc) is 2.78. The number of nitrogens with zero attached hydrogens (tertiary/aromatic N) is 1. The molecular formula is C25H22F3NO4S. The van der Waals surface area contributed by atoms with Crippen molar-refractivity contribution in [3.63, 3.8) is 0 Å². The Morgan fingerprint density at radius 2 is 1.56 bits per heavy atom. The number of rotatable bonds is 7. The van der Waals surface area contributed by atoms with Crippen molar-refractivity contribution in [2.45, 2.75) is 31.0 Å². The Bertz CT molecular complexity index is 1300. The number of benzene rings is 3. The number of aromatic carboxylic acids is 1. The van der Waals surface area contributed by atoms with Crippen LogP contribution < -0.4 is 4.31 Å². The summed E-state index contributed by atoms with van der Waals surface area (Å²) in [5.74, 6) is -1.10. The van der Waals surface area contributed by atoms with Crippen LogP contribution in [0.3, 0.4) is 0 Å². The lowest BCUT2D eigenvalue weighted by molar-refractivity contribution is -0.137. The molecule has 5 nitrogen and oxygen atoms in total. The van der Waals surface area contributed by atoms with Crippen LogP contribution in [0.25, 0.3) is 12.2 Å². The van der Waals surface area contributed by atoms with Crippen molar-refractivity contribution >= 4 is 33.8 Å². The second-order valence-electron chi connectivity index (χ2n) is 7.74. The van der Waals surface area contributed by atoms with E-state index in [0.717, 1.165) is 22.5 Å². The zero-order valence-electron chi connectivity index (χ0n) is 18.3. The van der Waals surface area contributed by atoms with Gasteiger partial charge in [0.05, 0.1) is 21.7 Å². The molecular weight excluding hydrogens is 467 g/mol. The third-order valence-corrected chi connectivity index (χ3v) is 6.98. The zero-order chi connectivity index (χ0) is 25.1. The fraction of sp³-hybridized carbons (Fsp3) is 0.160. The van der Waals surface area contributed by atoms with Gasteiger partial charge >= 0.3 is 12.1 Å². The summed E-state index contributed by atoms with van der Waals surface area (Å²) in [7, 11) is -4.07. The van der Waals surface area contributed by atoms with Gasteiger partial charge < -0.3 is 5.11 Å². The van der Waals surface area contributed by atoms with Crippen LogP contribution in [0.2, 0.25) is 0 Å². The van der Waals surface area contributed by atoms with Crippen LogP contribution in [-0.2, 0) is 16.2 Å². The first-order valence-corrected chi connectivity index (χ1v) is 11.7. The smallest absolute Gasteiger partial charge is 0.416 e. The molecule has 0 amide bonds. The van der Waals surface area contributed by atoms with Gasteiger partial charge in [0.15, 0.2) is 0 Å². The van der Waals surface area contributed by atoms with Gasteiger partial charge in [-0.05, 0) is 67.4 Å². The van der Waals surface area contributed by atoms with E-state index in [0.29, 0.717) is 5.56 Å². The molecule has 0 spiro atoms. The lowest BCUT2D eigenvalue weighted by atomic mass is 10.0. The van der Waals surface area contributed by atoms with Crippen molar-refractivity contribution in [3.8, 4) is 0 Å². The first kappa shape index (κ1) is 25.0. The normalized spacial score (nSPS) is 12.3. The molecule has 0 heterocycles. The topological polar surface area (TPSA) is 74.7 Å². The number of carboxylic acid groups (broad SMARTS) is 1. The van der Waals surface area contributed by atoms with Gasteiger partial charge in [0.25, 0.3) is 10.0 Å². The number of alkyl halides is 3. The van der Waals surface area contributed by atoms with E-state index < -0.39 is 33.8 Å². The minimum absolute atomic E-state index is 0.0165. The molecule has 0 fully saturated rings. The molecule has 0 unspecified atom stereocenters. The van der Waals surface area contributed by atoms with E-state index >= 15 is 0 Å². The second kappa shape index (κ2) is 9.72. The van der Waals surface area contributed by atoms with Crippen LogP contribution in [0, 0.1) is 0 Å². The lowest BCUT2D eigenvalue weighted by Gasteiger charge is -2.30. The molecule has 0 radical (unpaired) electrons. The Hall–Kier alpha value is -3.59. The number of halogens is 3. The Morgan fingerprint density at radius 3 is 2.09 bits per heavy atom. The Kier molecular flexibility index (Phi) is 7.16. The van der Waals surface area contributed by atoms with E-state index in [1.54, 1.807) is 32.0 Å². The summed E-state index contributed by atoms with van der Waals surface area (Å²) in [5, 5.41) is 9.02. The highest BCUT2D eigenvalue weighted by Crippen LogP contribution is 2.36. The van der Waals surface area contributed by atoms with Gasteiger partial charge in [-0.3, -0.25) is 4.31 Å². The first-order valence-electron chi connectivity index (χ1n) is 10.2. The van der Waals surface area contributed by atoms with Crippen LogP contribution in [0.1, 0.15) is 40.9 Å². The number of sulfonamides is 1. The van der Waals surface area contributed by atoms with E-state index in [2.05, 4.69) is 0 Å². The third kappa shape index (κ3) is 5.48. The summed E-state index contributed by atoms with van der Waals surface area (Å²) in [6.07, 6.45) is -1.74. The first-order chi connectivity index (χ1) is 15.9. The minimum atomic E-state index is -4.62. The van der Waals surface area contributed by atoms with E-state index in [9.17, 15) is 26.4 Å². The molecule has 0 bridgehead atoms. The van der Waals surface area contributed by atoms with E-state index in [1.165, 1.54) is 48.6 Å². The van der Waals surface area contributed by atoms with Gasteiger partial charge in [0.1, 0.15) is 0 Å². The van der Waals surface area contributed by atoms with Crippen LogP contribution >= 0.6 is 0 Å². The predicted molar refractivity (Wildman–Crippen MR) is 125 cm³/mol. The molecule has 0 saturated heterocycles. The molecule has 0 aliphatic rings. The number of hydrogen-bond acceptors (Lipinski definition) is 3. The molecule has 9 heteroatoms. The molecule has 0 saturated carbocycles. The van der Waals surface area contributed by atoms with Crippen LogP contribution in [0.5, 0.6) is 0 Å². The molecule has 34 heavy (non-hydrogen) atoms. The molecule has 0 aromatic heterocycles. The average molecular weight is 490 g/mol. The van der Waals surface area contributed by atoms with E-state index in [-0.39, 0.29) is 21.7 Å². The summed E-state index contributed by atoms with van der Waals surface area (Å²) < 4.78 is 68.2. The highest BCUT2D eigenvalue weighted by molar-refractivity contribution is 7.92. The standard InChI is InChI=1S/C25H22F3NO4S/c1-17(2)29(34(32,33)22-6-4-3-5-7-22)23-15-14-21(25(26,27)28)16-20(23)13-10-18-8-11-19(12-9-18)24(30)31/h3-17H,1-2H3,(H,30,31). The van der Waals surface area contributed by atoms with Crippen molar-refractivity contribution in [2.24, 2.45) is 0 Å². The molecule has 1 N–H and O–H groups in total. The van der Waals surface area contributed by atoms with Crippen molar-refractivity contribution in [3.05, 3.63) is 95.1 Å². The predicted octanol–water partition coefficient (Wildman–Crippen LogP) is 6.18. The minimum Gasteiger partial charge on any atom is -0.478 e. The SMILES string of the molecule is CC(C)N(c1ccc(C(F)(F)F)cc1C=Cc1ccc(C(=O)O)cc1)S(=O)(=O)c1ccccc1. The Labute approximate surface area is 195 Å². The van der Waals surface area contributed by atoms with Gasteiger partial charge in [0.2, 0.25) is 0 Å². The van der Waals surface area contributed by atoms with Gasteiger partial charge in [-0.25, -0.2) is 13.2 Å². The molecule has 0 aliphatic heterocycles. The number of hydrogen-bond donors (Lipinski definition) is 1. The number of anilines is 1. The van der Waals surface area contributed by atoms with Gasteiger partial charge in [-0.2, -0.15) is 13.2 Å². The molecule has 3 aromatic carbocycles. The van der Waals surface area contributed by atoms with E-state index in [1.807, 2.05) is 0 Å². The Morgan fingerprint density at radius 1 is 0.941 bits per heavy atom. The quantitative estimate of drug-likeness (QED) is 0.402. The zero-order valence-corrected chi connectivity index (χ0v) is 19.1. The lowest BCUT2D eigenvalue weighted by Crippen LogP contribution is -2.37. The van der Waals surface area contributed by atoms with Gasteiger partial charge in [-0.1, -0.05) is 42.5 Å². The van der Waals surface area contributed by atoms with Crippen LogP contribution in [0.4, 0.5) is 18.9 Å². The highest BCUT2D eigenvalue weighted by atomic mass is 32.2. The van der Waals surface area contributed by atoms with E-state index in [4.69, 9.17) is 5.11 Å². The molecule has 0 atom stereocenters. The molecule has 3 rings (SSSR count). The maximum atomic E-state index is 13.4. The van der Waals surface area contributed by atoms with Crippen LogP contribution in [0.15, 0.2) is 77.7 Å². The summed E-state index contributed by atoms with van der Waals surface area (Å²) in [6, 6.07) is 15.7. The third-order valence-electron chi connectivity index (χ3n) is 4.97. The van der Waals surface area contributed by atoms with Crippen molar-refractivity contribution < 1.29 is 31.5 Å². The summed E-state index contributed by atoms with van der Waals surface area (Å²) in [6.45, 7) is 3.27. The van der Waals surface area contributed by atoms with Crippen molar-refractivity contribution in [1.29, 1.82) is 0 Å². The maximum Gasteiger partial charge on any atom is 0.416 e. The monoisotopic (exact) mass is 489 g/mol. The molecule has 178 valence electrons. The maximum absolute atomic E-state index is 13.4. The molecule has 0 aliphatic carbocycles. The summed E-state index contributed by atoms with van der Waals surface area (Å²) >= 11 is 0. The van der Waals surface area contributed by atoms with Crippen LogP contribution in [-0.4, -0.2) is 25.5 Å². The molecule has 3 aromatic rings. The van der Waals surface area contributed by atoms with Gasteiger partial charge in [0, 0.05) is 6.04 Å². The fourth-order valence-electron chi connectivity index (χ4n) is 3.38. The number of carbonyl (C=O) groups is 1. The van der Waals surface area contributed by atoms with Crippen molar-refractivity contribution in [2.75, 3.05) is 4.31 Å². The van der Waals surface area contributed by atoms with Crippen molar-refractivity contribution in [1.82, 2.24) is 0 Å². The Balaban J connectivity index is 2.14. The largest absolute Gasteiger partial charge is 0.478 e. The second-order valence-corrected chi connectivity index (χ2v) is 9.55. The summed E-state index contributed by atoms with van der Waals surface area (Å²) in [5.41, 5.74) is -0.180. The van der Waals surface area contributed by atoms with Gasteiger partial charge in [-0.15, -0.1) is 0 Å².